The number of halogens is 3. The second-order valence-electron chi connectivity index (χ2n) is 5.38. The molecule has 0 radical (unpaired) electrons. The van der Waals surface area contributed by atoms with Crippen LogP contribution in [0.3, 0.4) is 0 Å². The molecule has 0 saturated carbocycles. The molecule has 5 heteroatoms. The third-order valence-corrected chi connectivity index (χ3v) is 5.65. The average Bonchev–Trinajstić information content (AvgIpc) is 2.65. The van der Waals surface area contributed by atoms with Crippen molar-refractivity contribution in [1.29, 1.82) is 0 Å². The summed E-state index contributed by atoms with van der Waals surface area (Å²) >= 11 is 1.53. The number of hydrogen-bond acceptors (Lipinski definition) is 2. The summed E-state index contributed by atoms with van der Waals surface area (Å²) < 4.78 is 39.4. The van der Waals surface area contributed by atoms with Gasteiger partial charge < -0.3 is 0 Å². The Morgan fingerprint density at radius 2 is 1.70 bits per heavy atom. The predicted octanol–water partition coefficient (Wildman–Crippen LogP) is 6.76. The summed E-state index contributed by atoms with van der Waals surface area (Å²) in [7, 11) is 0. The minimum atomic E-state index is -4.24. The van der Waals surface area contributed by atoms with Crippen LogP contribution >= 0.6 is 23.1 Å². The van der Waals surface area contributed by atoms with Crippen molar-refractivity contribution in [2.45, 2.75) is 49.9 Å². The van der Waals surface area contributed by atoms with Gasteiger partial charge in [0, 0.05) is 19.9 Å². The summed E-state index contributed by atoms with van der Waals surface area (Å²) in [5.74, 6) is 0.401. The predicted molar refractivity (Wildman–Crippen MR) is 81.9 cm³/mol. The van der Waals surface area contributed by atoms with E-state index in [1.807, 2.05) is 26.0 Å². The first-order valence-corrected chi connectivity index (χ1v) is 8.15. The Balaban J connectivity index is 2.70. The van der Waals surface area contributed by atoms with Gasteiger partial charge in [0.05, 0.1) is 0 Å². The van der Waals surface area contributed by atoms with E-state index in [-0.39, 0.29) is 17.7 Å². The van der Waals surface area contributed by atoms with E-state index in [0.29, 0.717) is 10.8 Å². The van der Waals surface area contributed by atoms with Gasteiger partial charge in [-0.2, -0.15) is 13.2 Å². The third kappa shape index (κ3) is 3.14. The number of benzene rings is 1. The van der Waals surface area contributed by atoms with E-state index in [1.54, 1.807) is 6.07 Å². The fourth-order valence-corrected chi connectivity index (χ4v) is 4.71. The Hall–Kier alpha value is -0.680. The zero-order chi connectivity index (χ0) is 15.1. The Labute approximate surface area is 125 Å². The molecule has 0 unspecified atom stereocenters. The van der Waals surface area contributed by atoms with Crippen LogP contribution in [-0.4, -0.2) is 5.51 Å². The molecule has 2 aromatic rings. The summed E-state index contributed by atoms with van der Waals surface area (Å²) in [6, 6.07) is 5.67. The highest BCUT2D eigenvalue weighted by molar-refractivity contribution is 8.00. The van der Waals surface area contributed by atoms with Crippen LogP contribution in [0.25, 0.3) is 10.1 Å². The van der Waals surface area contributed by atoms with Gasteiger partial charge in [-0.25, -0.2) is 0 Å². The minimum Gasteiger partial charge on any atom is -0.160 e. The quantitative estimate of drug-likeness (QED) is 0.563. The summed E-state index contributed by atoms with van der Waals surface area (Å²) in [6.45, 7) is 8.03. The normalized spacial score (nSPS) is 12.8. The molecule has 0 saturated heterocycles. The van der Waals surface area contributed by atoms with Gasteiger partial charge in [0.15, 0.2) is 0 Å². The molecule has 0 amide bonds. The Bertz CT molecular complexity index is 609. The van der Waals surface area contributed by atoms with Crippen molar-refractivity contribution in [3.63, 3.8) is 0 Å². The Morgan fingerprint density at radius 1 is 1.05 bits per heavy atom. The van der Waals surface area contributed by atoms with Gasteiger partial charge >= 0.3 is 5.51 Å². The van der Waals surface area contributed by atoms with E-state index in [2.05, 4.69) is 13.8 Å². The van der Waals surface area contributed by atoms with E-state index in [1.165, 1.54) is 11.3 Å². The highest BCUT2D eigenvalue weighted by atomic mass is 32.2. The highest BCUT2D eigenvalue weighted by Crippen LogP contribution is 2.49. The first-order chi connectivity index (χ1) is 9.20. The van der Waals surface area contributed by atoms with Crippen molar-refractivity contribution in [3.05, 3.63) is 28.6 Å². The van der Waals surface area contributed by atoms with E-state index >= 15 is 0 Å². The summed E-state index contributed by atoms with van der Waals surface area (Å²) in [4.78, 5) is 1.21. The van der Waals surface area contributed by atoms with Crippen LogP contribution < -0.4 is 0 Å². The molecule has 0 N–H and O–H groups in total. The van der Waals surface area contributed by atoms with Crippen LogP contribution in [0.1, 0.15) is 50.0 Å². The lowest BCUT2D eigenvalue weighted by Crippen LogP contribution is -2.00. The number of rotatable bonds is 3. The van der Waals surface area contributed by atoms with Crippen LogP contribution in [0.2, 0.25) is 0 Å². The second kappa shape index (κ2) is 5.60. The van der Waals surface area contributed by atoms with Gasteiger partial charge in [0.1, 0.15) is 0 Å². The van der Waals surface area contributed by atoms with Gasteiger partial charge in [-0.3, -0.25) is 0 Å². The molecular weight excluding hydrogens is 301 g/mol. The lowest BCUT2D eigenvalue weighted by Gasteiger charge is -2.09. The summed E-state index contributed by atoms with van der Waals surface area (Å²) in [5.41, 5.74) is -3.12. The fourth-order valence-electron chi connectivity index (χ4n) is 2.19. The molecule has 0 spiro atoms. The number of thiophene rings is 1. The van der Waals surface area contributed by atoms with Crippen LogP contribution in [-0.2, 0) is 0 Å². The van der Waals surface area contributed by atoms with E-state index in [9.17, 15) is 13.2 Å². The molecule has 20 heavy (non-hydrogen) atoms. The molecule has 0 aliphatic heterocycles. The molecule has 1 aromatic carbocycles. The average molecular weight is 318 g/mol. The van der Waals surface area contributed by atoms with Crippen LogP contribution in [0.4, 0.5) is 13.2 Å². The highest BCUT2D eigenvalue weighted by Gasteiger charge is 2.33. The maximum absolute atomic E-state index is 12.8. The first kappa shape index (κ1) is 15.7. The maximum Gasteiger partial charge on any atom is 0.446 e. The molecule has 0 atom stereocenters. The van der Waals surface area contributed by atoms with E-state index in [4.69, 9.17) is 0 Å². The molecule has 0 bridgehead atoms. The van der Waals surface area contributed by atoms with E-state index < -0.39 is 5.51 Å². The fraction of sp³-hybridized carbons (Fsp3) is 0.467. The number of hydrogen-bond donors (Lipinski definition) is 0. The van der Waals surface area contributed by atoms with Crippen molar-refractivity contribution < 1.29 is 13.2 Å². The van der Waals surface area contributed by atoms with E-state index in [0.717, 1.165) is 20.5 Å². The zero-order valence-electron chi connectivity index (χ0n) is 11.8. The Kier molecular flexibility index (Phi) is 4.40. The Morgan fingerprint density at radius 3 is 2.20 bits per heavy atom. The smallest absolute Gasteiger partial charge is 0.160 e. The van der Waals surface area contributed by atoms with Crippen molar-refractivity contribution >= 4 is 33.2 Å². The second-order valence-corrected chi connectivity index (χ2v) is 7.50. The molecule has 0 fully saturated rings. The molecule has 1 heterocycles. The summed E-state index contributed by atoms with van der Waals surface area (Å²) in [5, 5.41) is 0.743. The lowest BCUT2D eigenvalue weighted by molar-refractivity contribution is -0.0327. The van der Waals surface area contributed by atoms with Gasteiger partial charge in [0.25, 0.3) is 0 Å². The molecule has 1 aromatic heterocycles. The largest absolute Gasteiger partial charge is 0.446 e. The number of alkyl halides is 3. The van der Waals surface area contributed by atoms with Crippen molar-refractivity contribution in [3.8, 4) is 0 Å². The first-order valence-electron chi connectivity index (χ1n) is 6.51. The zero-order valence-corrected chi connectivity index (χ0v) is 13.5. The molecule has 0 nitrogen and oxygen atoms in total. The van der Waals surface area contributed by atoms with Crippen molar-refractivity contribution in [2.24, 2.45) is 0 Å². The maximum atomic E-state index is 12.8. The van der Waals surface area contributed by atoms with Crippen LogP contribution in [0.5, 0.6) is 0 Å². The van der Waals surface area contributed by atoms with Crippen molar-refractivity contribution in [2.75, 3.05) is 0 Å². The summed E-state index contributed by atoms with van der Waals surface area (Å²) in [6.07, 6.45) is 0. The molecule has 0 aliphatic carbocycles. The van der Waals surface area contributed by atoms with Gasteiger partial charge in [-0.15, -0.1) is 11.3 Å². The lowest BCUT2D eigenvalue weighted by atomic mass is 10.0. The topological polar surface area (TPSA) is 0 Å². The van der Waals surface area contributed by atoms with Crippen molar-refractivity contribution in [1.82, 2.24) is 0 Å². The van der Waals surface area contributed by atoms with Crippen LogP contribution in [0, 0.1) is 0 Å². The molecule has 110 valence electrons. The SMILES string of the molecule is CC(C)c1sc2c(C(C)C)cccc2c1SC(F)(F)F. The van der Waals surface area contributed by atoms with Gasteiger partial charge in [0.2, 0.25) is 0 Å². The standard InChI is InChI=1S/C15H17F3S2/c1-8(2)10-6-5-7-11-13(10)19-12(9(3)4)14(11)20-15(16,17)18/h5-9H,1-4H3. The third-order valence-electron chi connectivity index (χ3n) is 3.09. The molecule has 2 rings (SSSR count). The van der Waals surface area contributed by atoms with Crippen LogP contribution in [0.15, 0.2) is 23.1 Å². The van der Waals surface area contributed by atoms with Gasteiger partial charge in [-0.05, 0) is 29.2 Å². The molecule has 0 aliphatic rings. The monoisotopic (exact) mass is 318 g/mol. The number of thioether (sulfide) groups is 1. The van der Waals surface area contributed by atoms with Gasteiger partial charge in [-0.1, -0.05) is 45.9 Å². The minimum absolute atomic E-state index is 0.0227. The molecular formula is C15H17F3S2. The number of fused-ring (bicyclic) bond motifs is 1.